The lowest BCUT2D eigenvalue weighted by molar-refractivity contribution is -0.129. The summed E-state index contributed by atoms with van der Waals surface area (Å²) in [6.07, 6.45) is 2.87. The molecule has 3 N–H and O–H groups in total. The van der Waals surface area contributed by atoms with Crippen molar-refractivity contribution >= 4 is 35.6 Å². The molecule has 0 bridgehead atoms. The van der Waals surface area contributed by atoms with Gasteiger partial charge in [-0.3, -0.25) is 9.59 Å². The molecule has 1 aromatic carbocycles. The van der Waals surface area contributed by atoms with Crippen LogP contribution in [0.2, 0.25) is 0 Å². The van der Waals surface area contributed by atoms with Crippen molar-refractivity contribution in [3.05, 3.63) is 23.8 Å². The third-order valence-electron chi connectivity index (χ3n) is 4.47. The summed E-state index contributed by atoms with van der Waals surface area (Å²) in [5, 5.41) is 2.85. The van der Waals surface area contributed by atoms with Crippen molar-refractivity contribution in [2.75, 3.05) is 23.3 Å². The summed E-state index contributed by atoms with van der Waals surface area (Å²) in [5.74, 6) is -0.103. The van der Waals surface area contributed by atoms with Gasteiger partial charge >= 0.3 is 0 Å². The van der Waals surface area contributed by atoms with E-state index in [1.165, 1.54) is 6.92 Å². The van der Waals surface area contributed by atoms with Gasteiger partial charge in [-0.25, -0.2) is 0 Å². The fraction of sp³-hybridized carbons (Fsp3) is 0.529. The van der Waals surface area contributed by atoms with E-state index >= 15 is 0 Å². The van der Waals surface area contributed by atoms with Crippen molar-refractivity contribution in [3.8, 4) is 0 Å². The van der Waals surface area contributed by atoms with Crippen molar-refractivity contribution in [2.45, 2.75) is 44.8 Å². The molecule has 0 aromatic heterocycles. The third kappa shape index (κ3) is 3.71. The first kappa shape index (κ1) is 18.7. The van der Waals surface area contributed by atoms with Crippen LogP contribution >= 0.6 is 12.4 Å². The molecule has 6 nitrogen and oxygen atoms in total. The number of carbonyl (C=O) groups is 2. The van der Waals surface area contributed by atoms with E-state index in [-0.39, 0.29) is 30.3 Å². The second-order valence-electron chi connectivity index (χ2n) is 6.14. The van der Waals surface area contributed by atoms with Crippen LogP contribution in [0.15, 0.2) is 18.2 Å². The number of hydrogen-bond acceptors (Lipinski definition) is 4. The molecule has 132 valence electrons. The maximum absolute atomic E-state index is 12.8. The SMILES string of the molecule is CC(=O)Nc1cccc2c1CCCN2C(=O)[C@@H]1CC[C@H](CN)O1.Cl. The average Bonchev–Trinajstić information content (AvgIpc) is 3.02. The maximum Gasteiger partial charge on any atom is 0.256 e. The fourth-order valence-electron chi connectivity index (χ4n) is 3.39. The Hall–Kier alpha value is -1.63. The van der Waals surface area contributed by atoms with E-state index in [4.69, 9.17) is 10.5 Å². The number of halogens is 1. The average molecular weight is 354 g/mol. The number of ether oxygens (including phenoxy) is 1. The highest BCUT2D eigenvalue weighted by molar-refractivity contribution is 5.99. The molecule has 2 aliphatic rings. The minimum Gasteiger partial charge on any atom is -0.364 e. The lowest BCUT2D eigenvalue weighted by Crippen LogP contribution is -2.42. The molecular weight excluding hydrogens is 330 g/mol. The summed E-state index contributed by atoms with van der Waals surface area (Å²) in [6.45, 7) is 2.63. The molecule has 0 unspecified atom stereocenters. The zero-order valence-corrected chi connectivity index (χ0v) is 14.6. The lowest BCUT2D eigenvalue weighted by atomic mass is 9.98. The summed E-state index contributed by atoms with van der Waals surface area (Å²) in [6, 6.07) is 5.69. The highest BCUT2D eigenvalue weighted by atomic mass is 35.5. The molecule has 24 heavy (non-hydrogen) atoms. The van der Waals surface area contributed by atoms with Gasteiger partial charge in [0.05, 0.1) is 6.10 Å². The van der Waals surface area contributed by atoms with Crippen LogP contribution in [-0.2, 0) is 20.7 Å². The van der Waals surface area contributed by atoms with E-state index in [1.807, 2.05) is 18.2 Å². The number of amides is 2. The lowest BCUT2D eigenvalue weighted by Gasteiger charge is -2.32. The molecule has 0 radical (unpaired) electrons. The van der Waals surface area contributed by atoms with Gasteiger partial charge in [0.2, 0.25) is 5.91 Å². The Morgan fingerprint density at radius 1 is 1.38 bits per heavy atom. The Morgan fingerprint density at radius 3 is 2.83 bits per heavy atom. The Morgan fingerprint density at radius 2 is 2.17 bits per heavy atom. The van der Waals surface area contributed by atoms with Crippen LogP contribution in [-0.4, -0.2) is 37.1 Å². The predicted molar refractivity (Wildman–Crippen MR) is 95.6 cm³/mol. The van der Waals surface area contributed by atoms with Crippen LogP contribution in [0.25, 0.3) is 0 Å². The van der Waals surface area contributed by atoms with Gasteiger partial charge in [0.1, 0.15) is 6.10 Å². The summed E-state index contributed by atoms with van der Waals surface area (Å²) in [7, 11) is 0. The Kier molecular flexibility index (Phi) is 6.21. The van der Waals surface area contributed by atoms with Gasteiger partial charge in [-0.15, -0.1) is 12.4 Å². The molecule has 2 atom stereocenters. The predicted octanol–water partition coefficient (Wildman–Crippen LogP) is 1.85. The molecule has 2 heterocycles. The molecule has 0 aliphatic carbocycles. The molecule has 2 aliphatic heterocycles. The smallest absolute Gasteiger partial charge is 0.256 e. The summed E-state index contributed by atoms with van der Waals surface area (Å²) in [5.41, 5.74) is 8.32. The van der Waals surface area contributed by atoms with Gasteiger partial charge in [-0.2, -0.15) is 0 Å². The molecule has 1 aromatic rings. The monoisotopic (exact) mass is 353 g/mol. The second-order valence-corrected chi connectivity index (χ2v) is 6.14. The van der Waals surface area contributed by atoms with Gasteiger partial charge in [0.15, 0.2) is 0 Å². The van der Waals surface area contributed by atoms with E-state index in [0.29, 0.717) is 13.1 Å². The molecule has 2 amide bonds. The first-order valence-electron chi connectivity index (χ1n) is 8.16. The molecule has 0 saturated carbocycles. The van der Waals surface area contributed by atoms with Gasteiger partial charge in [-0.05, 0) is 43.4 Å². The van der Waals surface area contributed by atoms with Crippen LogP contribution in [0.3, 0.4) is 0 Å². The van der Waals surface area contributed by atoms with Crippen LogP contribution in [0, 0.1) is 0 Å². The summed E-state index contributed by atoms with van der Waals surface area (Å²) >= 11 is 0. The molecule has 1 saturated heterocycles. The Bertz CT molecular complexity index is 623. The highest BCUT2D eigenvalue weighted by Crippen LogP contribution is 2.34. The molecule has 0 spiro atoms. The van der Waals surface area contributed by atoms with Crippen LogP contribution in [0.1, 0.15) is 31.7 Å². The van der Waals surface area contributed by atoms with Crippen molar-refractivity contribution in [2.24, 2.45) is 5.73 Å². The Labute approximate surface area is 148 Å². The van der Waals surface area contributed by atoms with Crippen LogP contribution < -0.4 is 16.0 Å². The fourth-order valence-corrected chi connectivity index (χ4v) is 3.39. The van der Waals surface area contributed by atoms with E-state index in [0.717, 1.165) is 42.6 Å². The third-order valence-corrected chi connectivity index (χ3v) is 4.47. The number of carbonyl (C=O) groups excluding carboxylic acids is 2. The maximum atomic E-state index is 12.8. The number of rotatable bonds is 3. The minimum absolute atomic E-state index is 0. The number of fused-ring (bicyclic) bond motifs is 1. The molecule has 7 heteroatoms. The molecule has 3 rings (SSSR count). The van der Waals surface area contributed by atoms with Gasteiger partial charge in [0.25, 0.3) is 5.91 Å². The number of benzene rings is 1. The van der Waals surface area contributed by atoms with E-state index in [9.17, 15) is 9.59 Å². The zero-order valence-electron chi connectivity index (χ0n) is 13.8. The van der Waals surface area contributed by atoms with Gasteiger partial charge < -0.3 is 20.7 Å². The number of nitrogens with two attached hydrogens (primary N) is 1. The first-order chi connectivity index (χ1) is 11.1. The van der Waals surface area contributed by atoms with Gasteiger partial charge in [0, 0.05) is 31.4 Å². The summed E-state index contributed by atoms with van der Waals surface area (Å²) in [4.78, 5) is 26.0. The van der Waals surface area contributed by atoms with Crippen molar-refractivity contribution in [1.82, 2.24) is 0 Å². The minimum atomic E-state index is -0.404. The standard InChI is InChI=1S/C17H23N3O3.ClH/c1-11(21)19-14-5-2-6-15-13(14)4-3-9-20(15)17(22)16-8-7-12(10-18)23-16;/h2,5-6,12,16H,3-4,7-10,18H2,1H3,(H,19,21);1H/t12-,16+;/m1./s1. The normalized spacial score (nSPS) is 22.5. The number of nitrogens with zero attached hydrogens (tertiary/aromatic N) is 1. The van der Waals surface area contributed by atoms with Gasteiger partial charge in [-0.1, -0.05) is 6.07 Å². The highest BCUT2D eigenvalue weighted by Gasteiger charge is 2.35. The van der Waals surface area contributed by atoms with Crippen LogP contribution in [0.4, 0.5) is 11.4 Å². The van der Waals surface area contributed by atoms with E-state index in [2.05, 4.69) is 5.32 Å². The largest absolute Gasteiger partial charge is 0.364 e. The Balaban J connectivity index is 0.00000208. The van der Waals surface area contributed by atoms with E-state index < -0.39 is 6.10 Å². The summed E-state index contributed by atoms with van der Waals surface area (Å²) < 4.78 is 5.75. The molecular formula is C17H24ClN3O3. The first-order valence-corrected chi connectivity index (χ1v) is 8.16. The number of hydrogen-bond donors (Lipinski definition) is 2. The zero-order chi connectivity index (χ0) is 16.4. The topological polar surface area (TPSA) is 84.7 Å². The quantitative estimate of drug-likeness (QED) is 0.868. The number of nitrogens with one attached hydrogen (secondary N) is 1. The van der Waals surface area contributed by atoms with Crippen LogP contribution in [0.5, 0.6) is 0 Å². The second kappa shape index (κ2) is 7.96. The van der Waals surface area contributed by atoms with Crippen molar-refractivity contribution < 1.29 is 14.3 Å². The van der Waals surface area contributed by atoms with Crippen molar-refractivity contribution in [1.29, 1.82) is 0 Å². The number of anilines is 2. The molecule has 1 fully saturated rings. The van der Waals surface area contributed by atoms with E-state index in [1.54, 1.807) is 4.90 Å². The van der Waals surface area contributed by atoms with Crippen molar-refractivity contribution in [3.63, 3.8) is 0 Å².